The van der Waals surface area contributed by atoms with Gasteiger partial charge in [-0.2, -0.15) is 0 Å². The highest BCUT2D eigenvalue weighted by Crippen LogP contribution is 2.35. The number of carboxylic acid groups (broad SMARTS) is 1. The molecular formula is C19H20Cl2O3. The molecule has 1 aromatic carbocycles. The fourth-order valence-electron chi connectivity index (χ4n) is 1.95. The van der Waals surface area contributed by atoms with Crippen molar-refractivity contribution in [1.29, 1.82) is 0 Å². The van der Waals surface area contributed by atoms with Gasteiger partial charge < -0.3 is 9.84 Å². The first-order valence-corrected chi connectivity index (χ1v) is 7.98. The van der Waals surface area contributed by atoms with E-state index < -0.39 is 5.97 Å². The molecule has 0 bridgehead atoms. The second-order valence-corrected chi connectivity index (χ2v) is 6.03. The van der Waals surface area contributed by atoms with Gasteiger partial charge in [0.15, 0.2) is 0 Å². The lowest BCUT2D eigenvalue weighted by molar-refractivity contribution is -0.131. The molecule has 0 aromatic heterocycles. The van der Waals surface area contributed by atoms with Crippen LogP contribution in [0.5, 0.6) is 5.75 Å². The molecule has 0 atom stereocenters. The van der Waals surface area contributed by atoms with Crippen LogP contribution in [0.3, 0.4) is 0 Å². The highest BCUT2D eigenvalue weighted by atomic mass is 35.5. The molecule has 1 rings (SSSR count). The van der Waals surface area contributed by atoms with Crippen LogP contribution in [-0.4, -0.2) is 18.2 Å². The maximum atomic E-state index is 10.5. The number of hydrogen-bond donors (Lipinski definition) is 1. The van der Waals surface area contributed by atoms with Gasteiger partial charge in [-0.05, 0) is 32.4 Å². The SMILES string of the molecule is COc1cc(Cl)c(C=CC(C)=CC=CC(C)=CC(=O)O)c(Cl)c1C. The minimum atomic E-state index is -0.961. The number of benzene rings is 1. The molecule has 0 aliphatic rings. The molecular weight excluding hydrogens is 347 g/mol. The van der Waals surface area contributed by atoms with Crippen LogP contribution in [0.15, 0.2) is 47.6 Å². The van der Waals surface area contributed by atoms with Crippen LogP contribution < -0.4 is 4.74 Å². The normalized spacial score (nSPS) is 13.1. The van der Waals surface area contributed by atoms with Gasteiger partial charge in [0.2, 0.25) is 0 Å². The molecule has 0 amide bonds. The number of carbonyl (C=O) groups is 1. The Morgan fingerprint density at radius 2 is 1.88 bits per heavy atom. The van der Waals surface area contributed by atoms with E-state index in [9.17, 15) is 4.79 Å². The molecule has 0 aliphatic heterocycles. The molecule has 0 saturated heterocycles. The van der Waals surface area contributed by atoms with Gasteiger partial charge in [0.05, 0.1) is 17.2 Å². The van der Waals surface area contributed by atoms with Gasteiger partial charge >= 0.3 is 5.97 Å². The molecule has 0 heterocycles. The first-order valence-electron chi connectivity index (χ1n) is 7.23. The standard InChI is InChI=1S/C19H20Cl2O3/c1-12(6-5-7-13(2)10-18(22)23)8-9-15-16(20)11-17(24-4)14(3)19(15)21/h5-11H,1-4H3,(H,22,23). The van der Waals surface area contributed by atoms with Crippen molar-refractivity contribution < 1.29 is 14.6 Å². The first-order chi connectivity index (χ1) is 11.3. The molecule has 1 N–H and O–H groups in total. The molecule has 0 unspecified atom stereocenters. The van der Waals surface area contributed by atoms with Gasteiger partial charge in [-0.1, -0.05) is 59.2 Å². The Balaban J connectivity index is 2.97. The third-order valence-corrected chi connectivity index (χ3v) is 4.05. The van der Waals surface area contributed by atoms with E-state index in [-0.39, 0.29) is 0 Å². The van der Waals surface area contributed by atoms with Crippen molar-refractivity contribution in [3.63, 3.8) is 0 Å². The fourth-order valence-corrected chi connectivity index (χ4v) is 2.51. The number of allylic oxidation sites excluding steroid dienone is 6. The second-order valence-electron chi connectivity index (χ2n) is 5.24. The Bertz CT molecular complexity index is 741. The summed E-state index contributed by atoms with van der Waals surface area (Å²) in [5, 5.41) is 9.71. The molecule has 0 saturated carbocycles. The molecule has 3 nitrogen and oxygen atoms in total. The zero-order chi connectivity index (χ0) is 18.3. The topological polar surface area (TPSA) is 46.5 Å². The van der Waals surface area contributed by atoms with E-state index in [1.165, 1.54) is 0 Å². The van der Waals surface area contributed by atoms with Crippen LogP contribution in [-0.2, 0) is 4.79 Å². The average Bonchev–Trinajstić information content (AvgIpc) is 2.50. The van der Waals surface area contributed by atoms with Crippen LogP contribution in [0.1, 0.15) is 25.0 Å². The van der Waals surface area contributed by atoms with Crippen molar-refractivity contribution in [2.75, 3.05) is 7.11 Å². The summed E-state index contributed by atoms with van der Waals surface area (Å²) in [7, 11) is 1.57. The lowest BCUT2D eigenvalue weighted by atomic mass is 10.1. The molecule has 1 aromatic rings. The van der Waals surface area contributed by atoms with Crippen molar-refractivity contribution in [3.05, 3.63) is 68.8 Å². The van der Waals surface area contributed by atoms with Gasteiger partial charge in [-0.25, -0.2) is 4.79 Å². The van der Waals surface area contributed by atoms with Gasteiger partial charge in [0, 0.05) is 17.2 Å². The van der Waals surface area contributed by atoms with E-state index in [0.717, 1.165) is 22.8 Å². The Hall–Kier alpha value is -1.97. The second kappa shape index (κ2) is 9.36. The minimum Gasteiger partial charge on any atom is -0.496 e. The number of methoxy groups -OCH3 is 1. The van der Waals surface area contributed by atoms with E-state index in [4.69, 9.17) is 33.0 Å². The lowest BCUT2D eigenvalue weighted by Crippen LogP contribution is -1.91. The fraction of sp³-hybridized carbons (Fsp3) is 0.211. The summed E-state index contributed by atoms with van der Waals surface area (Å²) >= 11 is 12.6. The minimum absolute atomic E-state index is 0.516. The zero-order valence-electron chi connectivity index (χ0n) is 14.1. The first kappa shape index (κ1) is 20.1. The van der Waals surface area contributed by atoms with Crippen molar-refractivity contribution >= 4 is 35.2 Å². The van der Waals surface area contributed by atoms with Crippen LogP contribution in [0.4, 0.5) is 0 Å². The smallest absolute Gasteiger partial charge is 0.328 e. The number of carboxylic acids is 1. The maximum absolute atomic E-state index is 10.5. The van der Waals surface area contributed by atoms with Gasteiger partial charge in [0.25, 0.3) is 0 Å². The van der Waals surface area contributed by atoms with E-state index in [1.54, 1.807) is 32.3 Å². The summed E-state index contributed by atoms with van der Waals surface area (Å²) in [6, 6.07) is 1.74. The summed E-state index contributed by atoms with van der Waals surface area (Å²) in [5.41, 5.74) is 3.19. The van der Waals surface area contributed by atoms with Crippen LogP contribution >= 0.6 is 23.2 Å². The lowest BCUT2D eigenvalue weighted by Gasteiger charge is -2.10. The van der Waals surface area contributed by atoms with Crippen molar-refractivity contribution in [3.8, 4) is 5.75 Å². The molecule has 0 aliphatic carbocycles. The van der Waals surface area contributed by atoms with Crippen molar-refractivity contribution in [2.45, 2.75) is 20.8 Å². The maximum Gasteiger partial charge on any atom is 0.328 e. The number of hydrogen-bond acceptors (Lipinski definition) is 2. The summed E-state index contributed by atoms with van der Waals surface area (Å²) in [4.78, 5) is 10.5. The molecule has 128 valence electrons. The quantitative estimate of drug-likeness (QED) is 0.506. The number of rotatable bonds is 6. The number of halogens is 2. The molecule has 0 radical (unpaired) electrons. The molecule has 0 fully saturated rings. The van der Waals surface area contributed by atoms with Gasteiger partial charge in [-0.3, -0.25) is 0 Å². The van der Waals surface area contributed by atoms with E-state index in [0.29, 0.717) is 21.4 Å². The van der Waals surface area contributed by atoms with Crippen molar-refractivity contribution in [1.82, 2.24) is 0 Å². The van der Waals surface area contributed by atoms with E-state index in [2.05, 4.69) is 0 Å². The van der Waals surface area contributed by atoms with Gasteiger partial charge in [-0.15, -0.1) is 0 Å². The number of ether oxygens (including phenoxy) is 1. The Kier molecular flexibility index (Phi) is 7.83. The van der Waals surface area contributed by atoms with E-state index >= 15 is 0 Å². The largest absolute Gasteiger partial charge is 0.496 e. The van der Waals surface area contributed by atoms with E-state index in [1.807, 2.05) is 32.1 Å². The molecule has 5 heteroatoms. The highest BCUT2D eigenvalue weighted by molar-refractivity contribution is 6.38. The van der Waals surface area contributed by atoms with Crippen LogP contribution in [0.2, 0.25) is 10.0 Å². The number of aliphatic carboxylic acids is 1. The highest BCUT2D eigenvalue weighted by Gasteiger charge is 2.11. The molecule has 24 heavy (non-hydrogen) atoms. The third-order valence-electron chi connectivity index (χ3n) is 3.25. The monoisotopic (exact) mass is 366 g/mol. The van der Waals surface area contributed by atoms with Crippen LogP contribution in [0, 0.1) is 6.92 Å². The predicted octanol–water partition coefficient (Wildman–Crippen LogP) is 5.86. The third kappa shape index (κ3) is 5.91. The summed E-state index contributed by atoms with van der Waals surface area (Å²) < 4.78 is 5.23. The zero-order valence-corrected chi connectivity index (χ0v) is 15.6. The summed E-state index contributed by atoms with van der Waals surface area (Å²) in [6.07, 6.45) is 10.3. The van der Waals surface area contributed by atoms with Crippen molar-refractivity contribution in [2.24, 2.45) is 0 Å². The predicted molar refractivity (Wildman–Crippen MR) is 101 cm³/mol. The Morgan fingerprint density at radius 3 is 2.46 bits per heavy atom. The molecule has 0 spiro atoms. The summed E-state index contributed by atoms with van der Waals surface area (Å²) in [6.45, 7) is 5.52. The Morgan fingerprint density at radius 1 is 1.21 bits per heavy atom. The Labute approximate surface area is 152 Å². The average molecular weight is 367 g/mol. The van der Waals surface area contributed by atoms with Crippen LogP contribution in [0.25, 0.3) is 6.08 Å². The summed E-state index contributed by atoms with van der Waals surface area (Å²) in [5.74, 6) is -0.310. The van der Waals surface area contributed by atoms with Gasteiger partial charge in [0.1, 0.15) is 5.75 Å².